The Morgan fingerprint density at radius 2 is 2.11 bits per heavy atom. The predicted molar refractivity (Wildman–Crippen MR) is 69.4 cm³/mol. The summed E-state index contributed by atoms with van der Waals surface area (Å²) in [6, 6.07) is 2.82. The molecule has 0 aromatic carbocycles. The zero-order chi connectivity index (χ0) is 13.4. The number of carboxylic acid groups (broad SMARTS) is 1. The van der Waals surface area contributed by atoms with Crippen LogP contribution in [0.1, 0.15) is 19.8 Å². The fourth-order valence-electron chi connectivity index (χ4n) is 1.37. The lowest BCUT2D eigenvalue weighted by atomic mass is 10.2. The van der Waals surface area contributed by atoms with Gasteiger partial charge in [0.15, 0.2) is 0 Å². The molecule has 98 valence electrons. The summed E-state index contributed by atoms with van der Waals surface area (Å²) in [5.74, 6) is -1.05. The van der Waals surface area contributed by atoms with Gasteiger partial charge in [0.05, 0.1) is 5.75 Å². The first-order chi connectivity index (χ1) is 8.63. The van der Waals surface area contributed by atoms with Crippen LogP contribution < -0.4 is 5.32 Å². The van der Waals surface area contributed by atoms with Crippen LogP contribution in [0.5, 0.6) is 0 Å². The Labute approximate surface area is 110 Å². The highest BCUT2D eigenvalue weighted by atomic mass is 32.2. The maximum absolute atomic E-state index is 11.6. The first kappa shape index (κ1) is 14.5. The first-order valence-electron chi connectivity index (χ1n) is 5.68. The van der Waals surface area contributed by atoms with Gasteiger partial charge in [0.1, 0.15) is 6.04 Å². The number of aromatic nitrogens is 1. The van der Waals surface area contributed by atoms with E-state index in [2.05, 4.69) is 10.3 Å². The molecule has 0 aliphatic carbocycles. The van der Waals surface area contributed by atoms with E-state index in [1.807, 2.05) is 6.92 Å². The highest BCUT2D eigenvalue weighted by molar-refractivity contribution is 8.00. The number of carbonyl (C=O) groups excluding carboxylic acids is 1. The zero-order valence-electron chi connectivity index (χ0n) is 10.1. The van der Waals surface area contributed by atoms with Crippen LogP contribution in [0.2, 0.25) is 0 Å². The Morgan fingerprint density at radius 1 is 1.44 bits per heavy atom. The van der Waals surface area contributed by atoms with Gasteiger partial charge in [-0.15, -0.1) is 11.8 Å². The highest BCUT2D eigenvalue weighted by Crippen LogP contribution is 2.15. The Kier molecular flexibility index (Phi) is 6.21. The normalized spacial score (nSPS) is 11.8. The van der Waals surface area contributed by atoms with Crippen molar-refractivity contribution in [1.82, 2.24) is 10.3 Å². The van der Waals surface area contributed by atoms with E-state index in [1.54, 1.807) is 24.5 Å². The fourth-order valence-corrected chi connectivity index (χ4v) is 2.06. The monoisotopic (exact) mass is 268 g/mol. The molecule has 0 spiro atoms. The van der Waals surface area contributed by atoms with E-state index in [4.69, 9.17) is 5.11 Å². The molecule has 0 saturated heterocycles. The Hall–Kier alpha value is -1.56. The number of nitrogens with one attached hydrogen (secondary N) is 1. The van der Waals surface area contributed by atoms with Crippen LogP contribution >= 0.6 is 11.8 Å². The third-order valence-electron chi connectivity index (χ3n) is 2.23. The molecule has 1 rings (SSSR count). The maximum Gasteiger partial charge on any atom is 0.326 e. The third kappa shape index (κ3) is 5.18. The second kappa shape index (κ2) is 7.71. The smallest absolute Gasteiger partial charge is 0.326 e. The summed E-state index contributed by atoms with van der Waals surface area (Å²) < 4.78 is 0. The van der Waals surface area contributed by atoms with Crippen molar-refractivity contribution < 1.29 is 14.7 Å². The van der Waals surface area contributed by atoms with E-state index in [0.717, 1.165) is 11.3 Å². The average Bonchev–Trinajstić information content (AvgIpc) is 2.37. The molecule has 6 heteroatoms. The van der Waals surface area contributed by atoms with E-state index >= 15 is 0 Å². The van der Waals surface area contributed by atoms with E-state index < -0.39 is 12.0 Å². The van der Waals surface area contributed by atoms with Gasteiger partial charge < -0.3 is 10.4 Å². The summed E-state index contributed by atoms with van der Waals surface area (Å²) in [7, 11) is 0. The van der Waals surface area contributed by atoms with E-state index in [-0.39, 0.29) is 11.7 Å². The molecular weight excluding hydrogens is 252 g/mol. The molecule has 0 radical (unpaired) electrons. The predicted octanol–water partition coefficient (Wildman–Crippen LogP) is 1.54. The van der Waals surface area contributed by atoms with Crippen molar-refractivity contribution in [3.8, 4) is 0 Å². The molecule has 0 saturated carbocycles. The quantitative estimate of drug-likeness (QED) is 0.733. The van der Waals surface area contributed by atoms with Gasteiger partial charge in [-0.2, -0.15) is 0 Å². The minimum atomic E-state index is -0.987. The lowest BCUT2D eigenvalue weighted by molar-refractivity contribution is -0.141. The van der Waals surface area contributed by atoms with Gasteiger partial charge in [0.2, 0.25) is 5.91 Å². The van der Waals surface area contributed by atoms with Gasteiger partial charge in [0, 0.05) is 17.3 Å². The standard InChI is InChI=1S/C12H16N2O3S/c1-2-3-10(12(16)17)14-11(15)8-18-9-4-6-13-7-5-9/h4-7,10H,2-3,8H2,1H3,(H,14,15)(H,16,17)/t10-/m0/s1. The number of pyridine rings is 1. The number of hydrogen-bond acceptors (Lipinski definition) is 4. The average molecular weight is 268 g/mol. The number of aliphatic carboxylic acids is 1. The number of hydrogen-bond donors (Lipinski definition) is 2. The SMILES string of the molecule is CCC[C@H](NC(=O)CSc1ccncc1)C(=O)O. The van der Waals surface area contributed by atoms with E-state index in [9.17, 15) is 9.59 Å². The molecule has 1 aromatic heterocycles. The lowest BCUT2D eigenvalue weighted by Gasteiger charge is -2.13. The van der Waals surface area contributed by atoms with Gasteiger partial charge in [-0.05, 0) is 18.6 Å². The number of carbonyl (C=O) groups is 2. The first-order valence-corrected chi connectivity index (χ1v) is 6.67. The fraction of sp³-hybridized carbons (Fsp3) is 0.417. The molecule has 5 nitrogen and oxygen atoms in total. The van der Waals surface area contributed by atoms with Crippen molar-refractivity contribution in [2.45, 2.75) is 30.7 Å². The second-order valence-corrected chi connectivity index (χ2v) is 4.77. The van der Waals surface area contributed by atoms with Crippen LogP contribution in [0.3, 0.4) is 0 Å². The molecule has 2 N–H and O–H groups in total. The summed E-state index contributed by atoms with van der Waals surface area (Å²) in [5, 5.41) is 11.4. The van der Waals surface area contributed by atoms with Crippen LogP contribution in [0.15, 0.2) is 29.4 Å². The zero-order valence-corrected chi connectivity index (χ0v) is 10.9. The van der Waals surface area contributed by atoms with Crippen molar-refractivity contribution in [3.05, 3.63) is 24.5 Å². The minimum Gasteiger partial charge on any atom is -0.480 e. The van der Waals surface area contributed by atoms with E-state index in [0.29, 0.717) is 6.42 Å². The topological polar surface area (TPSA) is 79.3 Å². The molecular formula is C12H16N2O3S. The maximum atomic E-state index is 11.6. The molecule has 0 aliphatic heterocycles. The Bertz CT molecular complexity index is 398. The van der Waals surface area contributed by atoms with Gasteiger partial charge in [0.25, 0.3) is 0 Å². The summed E-state index contributed by atoms with van der Waals surface area (Å²) in [4.78, 5) is 27.3. The van der Waals surface area contributed by atoms with Gasteiger partial charge in [-0.25, -0.2) is 4.79 Å². The third-order valence-corrected chi connectivity index (χ3v) is 3.24. The van der Waals surface area contributed by atoms with Crippen LogP contribution in [-0.4, -0.2) is 33.8 Å². The number of amides is 1. The molecule has 0 aliphatic rings. The summed E-state index contributed by atoms with van der Waals surface area (Å²) >= 11 is 1.36. The van der Waals surface area contributed by atoms with Crippen molar-refractivity contribution in [2.24, 2.45) is 0 Å². The second-order valence-electron chi connectivity index (χ2n) is 3.72. The molecule has 1 amide bonds. The molecule has 0 unspecified atom stereocenters. The number of carboxylic acids is 1. The molecule has 0 bridgehead atoms. The van der Waals surface area contributed by atoms with Gasteiger partial charge in [-0.1, -0.05) is 13.3 Å². The van der Waals surface area contributed by atoms with Crippen LogP contribution in [0, 0.1) is 0 Å². The highest BCUT2D eigenvalue weighted by Gasteiger charge is 2.18. The van der Waals surface area contributed by atoms with Crippen molar-refractivity contribution >= 4 is 23.6 Å². The van der Waals surface area contributed by atoms with Crippen LogP contribution in [-0.2, 0) is 9.59 Å². The number of nitrogens with zero attached hydrogens (tertiary/aromatic N) is 1. The molecule has 0 fully saturated rings. The number of rotatable bonds is 7. The largest absolute Gasteiger partial charge is 0.480 e. The van der Waals surface area contributed by atoms with Crippen LogP contribution in [0.4, 0.5) is 0 Å². The summed E-state index contributed by atoms with van der Waals surface area (Å²) in [5.41, 5.74) is 0. The summed E-state index contributed by atoms with van der Waals surface area (Å²) in [6.07, 6.45) is 4.46. The van der Waals surface area contributed by atoms with Gasteiger partial charge in [-0.3, -0.25) is 9.78 Å². The molecule has 18 heavy (non-hydrogen) atoms. The van der Waals surface area contributed by atoms with Crippen molar-refractivity contribution in [3.63, 3.8) is 0 Å². The Balaban J connectivity index is 2.39. The molecule has 1 atom stereocenters. The summed E-state index contributed by atoms with van der Waals surface area (Å²) in [6.45, 7) is 1.88. The lowest BCUT2D eigenvalue weighted by Crippen LogP contribution is -2.41. The number of thioether (sulfide) groups is 1. The Morgan fingerprint density at radius 3 is 2.67 bits per heavy atom. The molecule has 1 aromatic rings. The van der Waals surface area contributed by atoms with Crippen molar-refractivity contribution in [2.75, 3.05) is 5.75 Å². The van der Waals surface area contributed by atoms with Gasteiger partial charge >= 0.3 is 5.97 Å². The van der Waals surface area contributed by atoms with E-state index in [1.165, 1.54) is 11.8 Å². The van der Waals surface area contributed by atoms with Crippen molar-refractivity contribution in [1.29, 1.82) is 0 Å². The van der Waals surface area contributed by atoms with Crippen LogP contribution in [0.25, 0.3) is 0 Å². The minimum absolute atomic E-state index is 0.206. The molecule has 1 heterocycles.